The van der Waals surface area contributed by atoms with Crippen molar-refractivity contribution in [1.82, 2.24) is 9.97 Å². The molecule has 6 heteroatoms. The van der Waals surface area contributed by atoms with E-state index in [4.69, 9.17) is 14.5 Å². The van der Waals surface area contributed by atoms with Crippen LogP contribution in [-0.2, 0) is 11.2 Å². The Morgan fingerprint density at radius 2 is 2.00 bits per heavy atom. The van der Waals surface area contributed by atoms with Gasteiger partial charge in [0.05, 0.1) is 25.1 Å². The summed E-state index contributed by atoms with van der Waals surface area (Å²) in [6, 6.07) is 11.8. The summed E-state index contributed by atoms with van der Waals surface area (Å²) < 4.78 is 10.8. The largest absolute Gasteiger partial charge is 0.493 e. The van der Waals surface area contributed by atoms with Crippen molar-refractivity contribution < 1.29 is 14.3 Å². The van der Waals surface area contributed by atoms with Gasteiger partial charge in [0.2, 0.25) is 11.8 Å². The molecule has 0 radical (unpaired) electrons. The molecule has 1 aromatic carbocycles. The smallest absolute Gasteiger partial charge is 0.235 e. The third kappa shape index (κ3) is 3.63. The first kappa shape index (κ1) is 19.5. The number of hydrogen-bond donors (Lipinski definition) is 0. The molecule has 158 valence electrons. The molecule has 3 aromatic rings. The number of anilines is 2. The van der Waals surface area contributed by atoms with Crippen molar-refractivity contribution in [2.24, 2.45) is 5.92 Å². The van der Waals surface area contributed by atoms with E-state index in [1.165, 1.54) is 0 Å². The number of rotatable bonds is 5. The summed E-state index contributed by atoms with van der Waals surface area (Å²) in [5.74, 6) is 2.28. The highest BCUT2D eigenvalue weighted by Gasteiger charge is 2.36. The number of hydrogen-bond acceptors (Lipinski definition) is 5. The Hall–Kier alpha value is -3.41. The van der Waals surface area contributed by atoms with Crippen molar-refractivity contribution >= 4 is 17.4 Å². The third-order valence-corrected chi connectivity index (χ3v) is 6.04. The number of aromatic nitrogens is 2. The molecule has 0 atom stereocenters. The second-order valence-electron chi connectivity index (χ2n) is 8.20. The maximum absolute atomic E-state index is 13.4. The molecule has 1 fully saturated rings. The van der Waals surface area contributed by atoms with E-state index in [1.807, 2.05) is 37.3 Å². The molecule has 6 nitrogen and oxygen atoms in total. The zero-order valence-electron chi connectivity index (χ0n) is 18.0. The van der Waals surface area contributed by atoms with Crippen LogP contribution < -0.4 is 14.4 Å². The number of methoxy groups -OCH3 is 1. The van der Waals surface area contributed by atoms with E-state index in [1.54, 1.807) is 18.2 Å². The van der Waals surface area contributed by atoms with Crippen LogP contribution in [0, 0.1) is 19.8 Å². The van der Waals surface area contributed by atoms with E-state index in [9.17, 15) is 4.79 Å². The molecule has 0 saturated heterocycles. The van der Waals surface area contributed by atoms with Gasteiger partial charge in [0.25, 0.3) is 0 Å². The van der Waals surface area contributed by atoms with Crippen molar-refractivity contribution in [2.45, 2.75) is 33.1 Å². The number of aryl methyl sites for hydroxylation is 1. The van der Waals surface area contributed by atoms with Crippen LogP contribution in [0.3, 0.4) is 0 Å². The number of nitrogens with zero attached hydrogens (tertiary/aromatic N) is 3. The monoisotopic (exact) mass is 415 g/mol. The second-order valence-corrected chi connectivity index (χ2v) is 8.20. The molecular formula is C25H25N3O3. The van der Waals surface area contributed by atoms with E-state index >= 15 is 0 Å². The van der Waals surface area contributed by atoms with Crippen LogP contribution in [0.5, 0.6) is 11.6 Å². The molecule has 5 rings (SSSR count). The highest BCUT2D eigenvalue weighted by atomic mass is 16.5. The lowest BCUT2D eigenvalue weighted by Crippen LogP contribution is -2.28. The molecule has 1 saturated carbocycles. The van der Waals surface area contributed by atoms with Crippen LogP contribution >= 0.6 is 0 Å². The fraction of sp³-hybridized carbons (Fsp3) is 0.320. The molecule has 0 unspecified atom stereocenters. The first-order valence-corrected chi connectivity index (χ1v) is 10.6. The van der Waals surface area contributed by atoms with Crippen LogP contribution in [-0.4, -0.2) is 29.6 Å². The van der Waals surface area contributed by atoms with Crippen LogP contribution in [0.25, 0.3) is 11.3 Å². The van der Waals surface area contributed by atoms with Gasteiger partial charge in [-0.1, -0.05) is 0 Å². The first-order valence-electron chi connectivity index (χ1n) is 10.6. The lowest BCUT2D eigenvalue weighted by atomic mass is 10.0. The molecule has 2 aliphatic rings. The summed E-state index contributed by atoms with van der Waals surface area (Å²) in [4.78, 5) is 24.4. The Labute approximate surface area is 181 Å². The standard InChI is InChI=1S/C25H25N3O3/c1-15-12-22(27-24(16(15)2)19-6-9-23(30-3)26-14-19)28(25(29)17-4-5-17)20-7-8-21-18(13-20)10-11-31-21/h6-9,12-14,17H,4-5,10-11H2,1-3H3. The average molecular weight is 415 g/mol. The predicted octanol–water partition coefficient (Wildman–Crippen LogP) is 4.78. The number of fused-ring (bicyclic) bond motifs is 1. The van der Waals surface area contributed by atoms with E-state index in [0.29, 0.717) is 18.3 Å². The van der Waals surface area contributed by atoms with Crippen LogP contribution in [0.15, 0.2) is 42.6 Å². The maximum atomic E-state index is 13.4. The molecule has 1 aliphatic heterocycles. The number of amides is 1. The van der Waals surface area contributed by atoms with E-state index in [0.717, 1.165) is 58.6 Å². The summed E-state index contributed by atoms with van der Waals surface area (Å²) >= 11 is 0. The Morgan fingerprint density at radius 3 is 2.71 bits per heavy atom. The van der Waals surface area contributed by atoms with Crippen LogP contribution in [0.4, 0.5) is 11.5 Å². The topological polar surface area (TPSA) is 64.5 Å². The van der Waals surface area contributed by atoms with Gasteiger partial charge in [0, 0.05) is 30.2 Å². The zero-order valence-corrected chi connectivity index (χ0v) is 18.0. The first-order chi connectivity index (χ1) is 15.0. The molecule has 0 bridgehead atoms. The van der Waals surface area contributed by atoms with Crippen molar-refractivity contribution in [2.75, 3.05) is 18.6 Å². The molecule has 2 aromatic heterocycles. The van der Waals surface area contributed by atoms with Crippen molar-refractivity contribution in [3.8, 4) is 22.9 Å². The number of carbonyl (C=O) groups is 1. The molecule has 31 heavy (non-hydrogen) atoms. The highest BCUT2D eigenvalue weighted by molar-refractivity contribution is 6.02. The van der Waals surface area contributed by atoms with Crippen molar-refractivity contribution in [3.05, 3.63) is 59.3 Å². The van der Waals surface area contributed by atoms with Gasteiger partial charge < -0.3 is 9.47 Å². The van der Waals surface area contributed by atoms with Gasteiger partial charge in [-0.2, -0.15) is 0 Å². The minimum Gasteiger partial charge on any atom is -0.493 e. The molecule has 1 aliphatic carbocycles. The minimum atomic E-state index is 0.0685. The Morgan fingerprint density at radius 1 is 1.16 bits per heavy atom. The summed E-state index contributed by atoms with van der Waals surface area (Å²) in [5.41, 5.74) is 5.84. The number of ether oxygens (including phenoxy) is 2. The number of pyridine rings is 2. The Bertz CT molecular complexity index is 1150. The molecule has 0 spiro atoms. The Kier molecular flexibility index (Phi) is 4.85. The number of carbonyl (C=O) groups excluding carboxylic acids is 1. The van der Waals surface area contributed by atoms with Crippen molar-refractivity contribution in [1.29, 1.82) is 0 Å². The highest BCUT2D eigenvalue weighted by Crippen LogP contribution is 2.39. The lowest BCUT2D eigenvalue weighted by Gasteiger charge is -2.24. The van der Waals surface area contributed by atoms with Crippen molar-refractivity contribution in [3.63, 3.8) is 0 Å². The summed E-state index contributed by atoms with van der Waals surface area (Å²) in [6.45, 7) is 4.79. The third-order valence-electron chi connectivity index (χ3n) is 6.04. The lowest BCUT2D eigenvalue weighted by molar-refractivity contribution is -0.119. The average Bonchev–Trinajstić information content (AvgIpc) is 3.54. The van der Waals surface area contributed by atoms with Gasteiger partial charge >= 0.3 is 0 Å². The minimum absolute atomic E-state index is 0.0685. The van der Waals surface area contributed by atoms with Gasteiger partial charge in [0.15, 0.2) is 0 Å². The SMILES string of the molecule is COc1ccc(-c2nc(N(C(=O)C3CC3)c3ccc4c(c3)CCO4)cc(C)c2C)cn1. The molecular weight excluding hydrogens is 390 g/mol. The zero-order chi connectivity index (χ0) is 21.5. The fourth-order valence-corrected chi connectivity index (χ4v) is 3.95. The van der Waals surface area contributed by atoms with E-state index in [2.05, 4.69) is 18.0 Å². The summed E-state index contributed by atoms with van der Waals surface area (Å²) in [7, 11) is 1.60. The quantitative estimate of drug-likeness (QED) is 0.600. The van der Waals surface area contributed by atoms with Crippen LogP contribution in [0.1, 0.15) is 29.5 Å². The van der Waals surface area contributed by atoms with Gasteiger partial charge in [-0.3, -0.25) is 9.69 Å². The summed E-state index contributed by atoms with van der Waals surface area (Å²) in [5, 5.41) is 0. The molecule has 1 amide bonds. The van der Waals surface area contributed by atoms with Gasteiger partial charge in [-0.25, -0.2) is 9.97 Å². The van der Waals surface area contributed by atoms with Gasteiger partial charge in [-0.15, -0.1) is 0 Å². The number of benzene rings is 1. The Balaban J connectivity index is 1.62. The van der Waals surface area contributed by atoms with E-state index < -0.39 is 0 Å². The molecule has 3 heterocycles. The summed E-state index contributed by atoms with van der Waals surface area (Å²) in [6.07, 6.45) is 4.49. The van der Waals surface area contributed by atoms with Crippen LogP contribution in [0.2, 0.25) is 0 Å². The van der Waals surface area contributed by atoms with E-state index in [-0.39, 0.29) is 11.8 Å². The predicted molar refractivity (Wildman–Crippen MR) is 119 cm³/mol. The second kappa shape index (κ2) is 7.69. The fourth-order valence-electron chi connectivity index (χ4n) is 3.95. The van der Waals surface area contributed by atoms with Gasteiger partial charge in [0.1, 0.15) is 11.6 Å². The normalized spacial score (nSPS) is 14.7. The van der Waals surface area contributed by atoms with Gasteiger partial charge in [-0.05, 0) is 73.7 Å². The maximum Gasteiger partial charge on any atom is 0.235 e. The molecule has 0 N–H and O–H groups in total.